The summed E-state index contributed by atoms with van der Waals surface area (Å²) < 4.78 is 41.0. The predicted octanol–water partition coefficient (Wildman–Crippen LogP) is 6.31. The smallest absolute Gasteiger partial charge is 0.382 e. The molecule has 1 atom stereocenters. The van der Waals surface area contributed by atoms with Crippen molar-refractivity contribution in [1.29, 1.82) is 0 Å². The van der Waals surface area contributed by atoms with E-state index in [0.717, 1.165) is 14.8 Å². The molecule has 0 spiro atoms. The minimum atomic E-state index is -4.90. The van der Waals surface area contributed by atoms with E-state index >= 15 is 0 Å². The number of hydrogen-bond donors (Lipinski definition) is 1. The predicted molar refractivity (Wildman–Crippen MR) is 130 cm³/mol. The van der Waals surface area contributed by atoms with Crippen LogP contribution in [-0.2, 0) is 13.1 Å². The van der Waals surface area contributed by atoms with E-state index in [0.29, 0.717) is 31.8 Å². The Hall–Kier alpha value is -2.78. The topological polar surface area (TPSA) is 60.0 Å². The van der Waals surface area contributed by atoms with Gasteiger partial charge < -0.3 is 5.11 Å². The first-order chi connectivity index (χ1) is 16.5. The van der Waals surface area contributed by atoms with Gasteiger partial charge >= 0.3 is 11.9 Å². The Kier molecular flexibility index (Phi) is 7.28. The number of hydrogen-bond acceptors (Lipinski definition) is 3. The van der Waals surface area contributed by atoms with Gasteiger partial charge in [-0.1, -0.05) is 65.1 Å². The van der Waals surface area contributed by atoms with Gasteiger partial charge in [0.2, 0.25) is 0 Å². The van der Waals surface area contributed by atoms with Crippen LogP contribution in [0.4, 0.5) is 13.2 Å². The molecule has 4 aromatic rings. The van der Waals surface area contributed by atoms with E-state index in [2.05, 4.69) is 5.10 Å². The summed E-state index contributed by atoms with van der Waals surface area (Å²) >= 11 is 18.4. The molecule has 0 unspecified atom stereocenters. The summed E-state index contributed by atoms with van der Waals surface area (Å²) in [6.07, 6.45) is -7.64. The highest BCUT2D eigenvalue weighted by Gasteiger charge is 2.39. The zero-order valence-electron chi connectivity index (χ0n) is 17.8. The molecule has 0 aliphatic rings. The van der Waals surface area contributed by atoms with Crippen molar-refractivity contribution in [3.63, 3.8) is 0 Å². The van der Waals surface area contributed by atoms with Gasteiger partial charge in [-0.3, -0.25) is 4.57 Å². The van der Waals surface area contributed by atoms with Gasteiger partial charge in [-0.15, -0.1) is 5.10 Å². The molecule has 0 saturated heterocycles. The van der Waals surface area contributed by atoms with Crippen LogP contribution in [0.25, 0.3) is 22.5 Å². The third-order valence-corrected chi connectivity index (χ3v) is 6.35. The molecule has 3 aromatic carbocycles. The Labute approximate surface area is 212 Å². The van der Waals surface area contributed by atoms with E-state index in [1.54, 1.807) is 36.4 Å². The van der Waals surface area contributed by atoms with Crippen LogP contribution in [0.5, 0.6) is 0 Å². The molecule has 35 heavy (non-hydrogen) atoms. The Morgan fingerprint density at radius 1 is 0.943 bits per heavy atom. The Morgan fingerprint density at radius 3 is 2.31 bits per heavy atom. The van der Waals surface area contributed by atoms with Crippen molar-refractivity contribution in [2.24, 2.45) is 0 Å². The average Bonchev–Trinajstić information content (AvgIpc) is 3.11. The van der Waals surface area contributed by atoms with Gasteiger partial charge in [-0.2, -0.15) is 13.2 Å². The molecular formula is C24H17Cl3F3N3O2. The first-order valence-corrected chi connectivity index (χ1v) is 11.4. The van der Waals surface area contributed by atoms with Crippen molar-refractivity contribution >= 4 is 34.8 Å². The number of aromatic nitrogens is 3. The summed E-state index contributed by atoms with van der Waals surface area (Å²) in [5.74, 6) is -0.0241. The van der Waals surface area contributed by atoms with Crippen LogP contribution in [0.15, 0.2) is 71.5 Å². The van der Waals surface area contributed by atoms with Crippen LogP contribution >= 0.6 is 34.8 Å². The maximum atomic E-state index is 13.1. The van der Waals surface area contributed by atoms with Gasteiger partial charge in [0.15, 0.2) is 11.9 Å². The van der Waals surface area contributed by atoms with Crippen LogP contribution in [-0.4, -0.2) is 31.7 Å². The molecule has 1 N–H and O–H groups in total. The highest BCUT2D eigenvalue weighted by atomic mass is 35.5. The van der Waals surface area contributed by atoms with Crippen LogP contribution in [0.3, 0.4) is 0 Å². The van der Waals surface area contributed by atoms with Gasteiger partial charge in [-0.25, -0.2) is 9.48 Å². The number of rotatable bonds is 6. The lowest BCUT2D eigenvalue weighted by molar-refractivity contribution is -0.207. The Morgan fingerprint density at radius 2 is 1.63 bits per heavy atom. The molecule has 0 bridgehead atoms. The average molecular weight is 543 g/mol. The number of nitrogens with zero attached hydrogens (tertiary/aromatic N) is 3. The number of benzene rings is 3. The van der Waals surface area contributed by atoms with Gasteiger partial charge in [-0.05, 0) is 47.5 Å². The summed E-state index contributed by atoms with van der Waals surface area (Å²) in [6, 6.07) is 18.5. The van der Waals surface area contributed by atoms with Crippen LogP contribution < -0.4 is 5.69 Å². The van der Waals surface area contributed by atoms with Crippen LogP contribution in [0.2, 0.25) is 15.1 Å². The summed E-state index contributed by atoms with van der Waals surface area (Å²) in [5.41, 5.74) is 1.66. The molecule has 1 heterocycles. The minimum absolute atomic E-state index is 0.0241. The molecule has 182 valence electrons. The summed E-state index contributed by atoms with van der Waals surface area (Å²) in [4.78, 5) is 13.1. The van der Waals surface area contributed by atoms with Crippen molar-refractivity contribution in [3.8, 4) is 22.5 Å². The highest BCUT2D eigenvalue weighted by molar-refractivity contribution is 6.43. The first-order valence-electron chi connectivity index (χ1n) is 10.3. The number of aliphatic hydroxyl groups excluding tert-OH is 1. The van der Waals surface area contributed by atoms with Gasteiger partial charge in [0.05, 0.1) is 23.1 Å². The highest BCUT2D eigenvalue weighted by Crippen LogP contribution is 2.33. The van der Waals surface area contributed by atoms with Crippen LogP contribution in [0, 0.1) is 0 Å². The molecular weight excluding hydrogens is 526 g/mol. The number of halogens is 6. The van der Waals surface area contributed by atoms with Crippen molar-refractivity contribution < 1.29 is 18.3 Å². The molecule has 0 aliphatic carbocycles. The lowest BCUT2D eigenvalue weighted by atomic mass is 10.0. The molecule has 0 radical (unpaired) electrons. The van der Waals surface area contributed by atoms with Crippen molar-refractivity contribution in [2.45, 2.75) is 25.4 Å². The zero-order chi connectivity index (χ0) is 25.3. The standard InChI is InChI=1S/C24H17Cl3F3N3O2/c25-17-9-7-15(8-10-17)22-31-33(23(35)32(22)13-20(34)24(28,29)30)12-14-3-1-4-16(11-14)18-5-2-6-19(26)21(18)27/h1-11,20,34H,12-13H2/t20-/m0/s1. The molecule has 11 heteroatoms. The van der Waals surface area contributed by atoms with E-state index in [4.69, 9.17) is 34.8 Å². The third-order valence-electron chi connectivity index (χ3n) is 5.28. The SMILES string of the molecule is O=c1n(Cc2cccc(-c3cccc(Cl)c3Cl)c2)nc(-c2ccc(Cl)cc2)n1C[C@H](O)C(F)(F)F. The maximum Gasteiger partial charge on any atom is 0.416 e. The molecule has 0 amide bonds. The molecule has 0 saturated carbocycles. The van der Waals surface area contributed by atoms with Gasteiger partial charge in [0, 0.05) is 16.1 Å². The largest absolute Gasteiger partial charge is 0.416 e. The summed E-state index contributed by atoms with van der Waals surface area (Å²) in [6.45, 7) is -1.03. The fourth-order valence-electron chi connectivity index (χ4n) is 3.53. The molecule has 4 rings (SSSR count). The molecule has 5 nitrogen and oxygen atoms in total. The maximum absolute atomic E-state index is 13.1. The second-order valence-corrected chi connectivity index (χ2v) is 8.96. The second kappa shape index (κ2) is 10.1. The van der Waals surface area contributed by atoms with E-state index in [1.165, 1.54) is 24.3 Å². The fourth-order valence-corrected chi connectivity index (χ4v) is 4.07. The molecule has 0 fully saturated rings. The lowest BCUT2D eigenvalue weighted by Crippen LogP contribution is -2.37. The van der Waals surface area contributed by atoms with E-state index in [9.17, 15) is 23.1 Å². The van der Waals surface area contributed by atoms with Crippen molar-refractivity contribution in [2.75, 3.05) is 0 Å². The monoisotopic (exact) mass is 541 g/mol. The second-order valence-electron chi connectivity index (χ2n) is 7.74. The van der Waals surface area contributed by atoms with Crippen LogP contribution in [0.1, 0.15) is 5.56 Å². The third kappa shape index (κ3) is 5.56. The van der Waals surface area contributed by atoms with E-state index in [1.807, 2.05) is 6.07 Å². The molecule has 0 aliphatic heterocycles. The quantitative estimate of drug-likeness (QED) is 0.311. The van der Waals surface area contributed by atoms with Crippen molar-refractivity contribution in [1.82, 2.24) is 14.3 Å². The number of aliphatic hydroxyl groups is 1. The van der Waals surface area contributed by atoms with E-state index < -0.39 is 24.5 Å². The molecule has 1 aromatic heterocycles. The summed E-state index contributed by atoms with van der Waals surface area (Å²) in [7, 11) is 0. The fraction of sp³-hybridized carbons (Fsp3) is 0.167. The minimum Gasteiger partial charge on any atom is -0.382 e. The first kappa shape index (κ1) is 25.3. The zero-order valence-corrected chi connectivity index (χ0v) is 20.1. The lowest BCUT2D eigenvalue weighted by Gasteiger charge is -2.15. The summed E-state index contributed by atoms with van der Waals surface area (Å²) in [5, 5.41) is 15.1. The normalized spacial score (nSPS) is 12.7. The van der Waals surface area contributed by atoms with Gasteiger partial charge in [0.1, 0.15) is 0 Å². The van der Waals surface area contributed by atoms with Crippen molar-refractivity contribution in [3.05, 3.63) is 97.8 Å². The van der Waals surface area contributed by atoms with Gasteiger partial charge in [0.25, 0.3) is 0 Å². The Balaban J connectivity index is 1.74. The number of alkyl halides is 3. The van der Waals surface area contributed by atoms with E-state index in [-0.39, 0.29) is 12.4 Å². The Bertz CT molecular complexity index is 1420.